The molecule has 0 aromatic carbocycles. The Bertz CT molecular complexity index is 11.0. The topological polar surface area (TPSA) is 189 Å². The summed E-state index contributed by atoms with van der Waals surface area (Å²) in [5, 5.41) is 0. The molecule has 0 unspecified atom stereocenters. The third-order valence-electron chi connectivity index (χ3n) is 0. The van der Waals surface area contributed by atoms with Crippen LogP contribution in [0, 0.1) is 0 Å². The van der Waals surface area contributed by atoms with Crippen LogP contribution >= 0.6 is 28.5 Å². The molecule has 9 heavy (non-hydrogen) atoms. The summed E-state index contributed by atoms with van der Waals surface area (Å²) in [5.41, 5.74) is 0. The van der Waals surface area contributed by atoms with Crippen molar-refractivity contribution in [3.8, 4) is 0 Å². The molecule has 0 aliphatic rings. The van der Waals surface area contributed by atoms with Gasteiger partial charge >= 0.3 is 39.3 Å². The van der Waals surface area contributed by atoms with Crippen LogP contribution in [-0.2, 0) is 10.9 Å². The van der Waals surface area contributed by atoms with Crippen LogP contribution in [0.5, 0.6) is 0 Å². The SMILES string of the molecule is O.O.O.O.O.O.[Br][Ni][Br]. The number of rotatable bonds is 0. The molecule has 0 heterocycles. The third kappa shape index (κ3) is 326. The molecule has 0 aliphatic carbocycles. The van der Waals surface area contributed by atoms with E-state index in [-0.39, 0.29) is 32.9 Å². The van der Waals surface area contributed by atoms with Crippen LogP contribution in [0.25, 0.3) is 0 Å². The fourth-order valence-corrected chi connectivity index (χ4v) is 0. The fourth-order valence-electron chi connectivity index (χ4n) is 0. The molecule has 0 aromatic heterocycles. The van der Waals surface area contributed by atoms with Gasteiger partial charge in [-0.05, 0) is 0 Å². The van der Waals surface area contributed by atoms with Crippen LogP contribution < -0.4 is 0 Å². The van der Waals surface area contributed by atoms with Crippen molar-refractivity contribution in [1.29, 1.82) is 0 Å². The minimum absolute atomic E-state index is 0. The molecular weight excluding hydrogens is 314 g/mol. The predicted octanol–water partition coefficient (Wildman–Crippen LogP) is -3.26. The van der Waals surface area contributed by atoms with Gasteiger partial charge in [-0.2, -0.15) is 0 Å². The summed E-state index contributed by atoms with van der Waals surface area (Å²) in [6.45, 7) is 0. The number of hydrogen-bond acceptors (Lipinski definition) is 0. The number of hydrogen-bond donors (Lipinski definition) is 0. The van der Waals surface area contributed by atoms with Crippen LogP contribution in [0.1, 0.15) is 0 Å². The second kappa shape index (κ2) is 127. The van der Waals surface area contributed by atoms with Crippen molar-refractivity contribution in [2.24, 2.45) is 0 Å². The van der Waals surface area contributed by atoms with Gasteiger partial charge in [-0.25, -0.2) is 0 Å². The second-order valence-corrected chi connectivity index (χ2v) is 5.03. The Balaban J connectivity index is -0.00000000133. The normalized spacial score (nSPS) is 2.44. The van der Waals surface area contributed by atoms with Gasteiger partial charge in [-0.1, -0.05) is 0 Å². The van der Waals surface area contributed by atoms with Crippen LogP contribution in [0.15, 0.2) is 0 Å². The van der Waals surface area contributed by atoms with E-state index in [1.807, 2.05) is 0 Å². The summed E-state index contributed by atoms with van der Waals surface area (Å²) in [4.78, 5) is 0. The summed E-state index contributed by atoms with van der Waals surface area (Å²) in [5.74, 6) is 0. The average molecular weight is 327 g/mol. The molecule has 0 radical (unpaired) electrons. The van der Waals surface area contributed by atoms with Crippen molar-refractivity contribution >= 4 is 28.5 Å². The Morgan fingerprint density at radius 1 is 0.556 bits per heavy atom. The van der Waals surface area contributed by atoms with Gasteiger partial charge < -0.3 is 32.9 Å². The summed E-state index contributed by atoms with van der Waals surface area (Å²) in [6, 6.07) is 0. The predicted molar refractivity (Wildman–Crippen MR) is 39.5 cm³/mol. The maximum absolute atomic E-state index is 3.00. The van der Waals surface area contributed by atoms with Gasteiger partial charge in [-0.3, -0.25) is 0 Å². The average Bonchev–Trinajstić information content (AvgIpc) is 0.918. The van der Waals surface area contributed by atoms with Crippen LogP contribution in [0.4, 0.5) is 0 Å². The van der Waals surface area contributed by atoms with Gasteiger partial charge in [0.05, 0.1) is 0 Å². The van der Waals surface area contributed by atoms with E-state index in [0.29, 0.717) is 0 Å². The molecule has 0 saturated carbocycles. The van der Waals surface area contributed by atoms with E-state index in [0.717, 1.165) is 0 Å². The molecule has 0 spiro atoms. The zero-order valence-corrected chi connectivity index (χ0v) is 8.23. The zero-order valence-electron chi connectivity index (χ0n) is 4.07. The zero-order chi connectivity index (χ0) is 2.71. The molecule has 0 atom stereocenters. The Morgan fingerprint density at radius 2 is 0.556 bits per heavy atom. The van der Waals surface area contributed by atoms with Gasteiger partial charge in [-0.15, -0.1) is 0 Å². The summed E-state index contributed by atoms with van der Waals surface area (Å²) < 4.78 is 0. The fraction of sp³-hybridized carbons (Fsp3) is 0. The van der Waals surface area contributed by atoms with Crippen molar-refractivity contribution in [2.45, 2.75) is 0 Å². The van der Waals surface area contributed by atoms with Crippen molar-refractivity contribution in [2.75, 3.05) is 0 Å². The Labute approximate surface area is 72.2 Å². The van der Waals surface area contributed by atoms with E-state index < -0.39 is 0 Å². The molecule has 0 fully saturated rings. The maximum atomic E-state index is 3.00. The van der Waals surface area contributed by atoms with E-state index in [9.17, 15) is 0 Å². The standard InChI is InChI=1S/2BrH.Ni.6H2O/h2*1H;;6*1H2/q;;+2;;;;;;/p-2. The Hall–Kier alpha value is 1.21. The number of halogens is 2. The van der Waals surface area contributed by atoms with E-state index in [4.69, 9.17) is 0 Å². The van der Waals surface area contributed by atoms with Gasteiger partial charge in [0.25, 0.3) is 0 Å². The van der Waals surface area contributed by atoms with Crippen molar-refractivity contribution in [3.05, 3.63) is 0 Å². The van der Waals surface area contributed by atoms with Gasteiger partial charge in [0.2, 0.25) is 0 Å². The van der Waals surface area contributed by atoms with Gasteiger partial charge in [0.1, 0.15) is 0 Å². The van der Waals surface area contributed by atoms with Gasteiger partial charge in [0.15, 0.2) is 0 Å². The van der Waals surface area contributed by atoms with Crippen molar-refractivity contribution in [3.63, 3.8) is 0 Å². The van der Waals surface area contributed by atoms with Crippen LogP contribution in [0.2, 0.25) is 0 Å². The first-order valence-corrected chi connectivity index (χ1v) is 5.12. The molecule has 0 saturated heterocycles. The van der Waals surface area contributed by atoms with E-state index in [1.54, 1.807) is 0 Å². The molecule has 9 heteroatoms. The molecule has 0 aromatic rings. The van der Waals surface area contributed by atoms with Crippen LogP contribution in [0.3, 0.4) is 0 Å². The third-order valence-corrected chi connectivity index (χ3v) is 0. The second-order valence-electron chi connectivity index (χ2n) is 0.0452. The van der Waals surface area contributed by atoms with Crippen molar-refractivity contribution < 1.29 is 43.8 Å². The summed E-state index contributed by atoms with van der Waals surface area (Å²) >= 11 is 6.00. The molecule has 6 nitrogen and oxygen atoms in total. The first-order chi connectivity index (χ1) is 1.41. The first-order valence-electron chi connectivity index (χ1n) is 0.239. The molecular formula is H12Br2NiO6. The molecule has 0 bridgehead atoms. The quantitative estimate of drug-likeness (QED) is 0.404. The van der Waals surface area contributed by atoms with Crippen molar-refractivity contribution in [1.82, 2.24) is 0 Å². The summed E-state index contributed by atoms with van der Waals surface area (Å²) in [6.07, 6.45) is 0. The Morgan fingerprint density at radius 3 is 0.556 bits per heavy atom. The van der Waals surface area contributed by atoms with E-state index >= 15 is 0 Å². The van der Waals surface area contributed by atoms with Gasteiger partial charge in [0, 0.05) is 0 Å². The first kappa shape index (κ1) is 84.0. The monoisotopic (exact) mass is 324 g/mol. The minimum atomic E-state index is 0. The Kier molecular flexibility index (Phi) is 1180. The van der Waals surface area contributed by atoms with E-state index in [1.165, 1.54) is 10.9 Å². The molecule has 0 rings (SSSR count). The van der Waals surface area contributed by atoms with Crippen LogP contribution in [-0.4, -0.2) is 32.9 Å². The molecule has 12 N–H and O–H groups in total. The molecule has 0 aliphatic heterocycles. The van der Waals surface area contributed by atoms with E-state index in [2.05, 4.69) is 28.5 Å². The molecule has 0 amide bonds. The summed E-state index contributed by atoms with van der Waals surface area (Å²) in [7, 11) is 1.25. The molecule has 72 valence electrons.